The average molecular weight is 181 g/mol. The van der Waals surface area contributed by atoms with Gasteiger partial charge in [-0.3, -0.25) is 0 Å². The zero-order valence-corrected chi connectivity index (χ0v) is 9.75. The van der Waals surface area contributed by atoms with E-state index in [4.69, 9.17) is 0 Å². The van der Waals surface area contributed by atoms with Crippen molar-refractivity contribution in [1.29, 1.82) is 0 Å². The minimum atomic E-state index is -0.299. The van der Waals surface area contributed by atoms with E-state index in [0.717, 1.165) is 12.8 Å². The molecule has 1 aliphatic rings. The van der Waals surface area contributed by atoms with Gasteiger partial charge in [-0.05, 0) is 12.8 Å². The molecule has 58 valence electrons. The molecule has 1 rings (SSSR count). The zero-order valence-electron chi connectivity index (χ0n) is 6.93. The summed E-state index contributed by atoms with van der Waals surface area (Å²) in [4.78, 5) is 0. The molecular formula is C7H12NNaOS. The van der Waals surface area contributed by atoms with Gasteiger partial charge in [-0.25, -0.2) is 0 Å². The van der Waals surface area contributed by atoms with E-state index in [2.05, 4.69) is 17.5 Å². The normalized spacial score (nSPS) is 18.5. The number of hydrogen-bond donors (Lipinski definition) is 1. The van der Waals surface area contributed by atoms with Gasteiger partial charge in [0.15, 0.2) is 0 Å². The van der Waals surface area contributed by atoms with E-state index in [1.165, 1.54) is 19.3 Å². The summed E-state index contributed by atoms with van der Waals surface area (Å²) in [6, 6.07) is 0.374. The van der Waals surface area contributed by atoms with Gasteiger partial charge >= 0.3 is 29.6 Å². The van der Waals surface area contributed by atoms with Crippen LogP contribution in [0.1, 0.15) is 32.1 Å². The Morgan fingerprint density at radius 3 is 2.27 bits per heavy atom. The maximum atomic E-state index is 10.4. The molecule has 0 aromatic carbocycles. The largest absolute Gasteiger partial charge is 1.00 e. The first kappa shape index (κ1) is 11.7. The summed E-state index contributed by atoms with van der Waals surface area (Å²) in [7, 11) is 0. The van der Waals surface area contributed by atoms with Gasteiger partial charge in [0.2, 0.25) is 0 Å². The quantitative estimate of drug-likeness (QED) is 0.360. The molecule has 2 nitrogen and oxygen atoms in total. The summed E-state index contributed by atoms with van der Waals surface area (Å²) in [5.41, 5.74) is 0. The van der Waals surface area contributed by atoms with E-state index >= 15 is 0 Å². The van der Waals surface area contributed by atoms with E-state index in [1.54, 1.807) is 0 Å². The SMILES string of the molecule is [Na+].[O-]C(=S)NC1CCCCC1. The van der Waals surface area contributed by atoms with Crippen LogP contribution < -0.4 is 40.0 Å². The molecule has 0 atom stereocenters. The fraction of sp³-hybridized carbons (Fsp3) is 0.857. The minimum Gasteiger partial charge on any atom is -0.852 e. The van der Waals surface area contributed by atoms with Crippen LogP contribution in [0.3, 0.4) is 0 Å². The van der Waals surface area contributed by atoms with Crippen LogP contribution in [0.2, 0.25) is 0 Å². The van der Waals surface area contributed by atoms with Crippen LogP contribution in [0, 0.1) is 0 Å². The van der Waals surface area contributed by atoms with Crippen molar-refractivity contribution >= 4 is 17.4 Å². The molecule has 1 fully saturated rings. The van der Waals surface area contributed by atoms with Crippen LogP contribution in [0.25, 0.3) is 0 Å². The molecule has 1 aliphatic carbocycles. The van der Waals surface area contributed by atoms with Gasteiger partial charge in [0, 0.05) is 11.2 Å². The number of nitrogens with one attached hydrogen (secondary N) is 1. The van der Waals surface area contributed by atoms with Gasteiger partial charge in [-0.1, -0.05) is 31.5 Å². The van der Waals surface area contributed by atoms with Crippen LogP contribution in [0.4, 0.5) is 0 Å². The van der Waals surface area contributed by atoms with Gasteiger partial charge in [-0.15, -0.1) is 0 Å². The zero-order chi connectivity index (χ0) is 7.40. The fourth-order valence-corrected chi connectivity index (χ4v) is 1.58. The molecule has 0 saturated heterocycles. The molecule has 0 radical (unpaired) electrons. The van der Waals surface area contributed by atoms with Crippen molar-refractivity contribution in [3.05, 3.63) is 0 Å². The van der Waals surface area contributed by atoms with E-state index in [9.17, 15) is 5.11 Å². The van der Waals surface area contributed by atoms with Crippen molar-refractivity contribution in [1.82, 2.24) is 5.32 Å². The van der Waals surface area contributed by atoms with Crippen molar-refractivity contribution < 1.29 is 34.7 Å². The Morgan fingerprint density at radius 2 is 1.82 bits per heavy atom. The molecule has 0 heterocycles. The molecule has 0 bridgehead atoms. The predicted octanol–water partition coefficient (Wildman–Crippen LogP) is -2.44. The van der Waals surface area contributed by atoms with Crippen molar-refractivity contribution in [2.24, 2.45) is 0 Å². The number of hydrogen-bond acceptors (Lipinski definition) is 2. The first-order valence-corrected chi connectivity index (χ1v) is 4.17. The molecule has 0 unspecified atom stereocenters. The summed E-state index contributed by atoms with van der Waals surface area (Å²) in [5, 5.41) is 12.9. The van der Waals surface area contributed by atoms with Crippen molar-refractivity contribution in [3.63, 3.8) is 0 Å². The van der Waals surface area contributed by atoms with Crippen LogP contribution in [-0.2, 0) is 0 Å². The minimum absolute atomic E-state index is 0. The maximum Gasteiger partial charge on any atom is 1.00 e. The molecule has 11 heavy (non-hydrogen) atoms. The Bertz CT molecular complexity index is 126. The van der Waals surface area contributed by atoms with E-state index in [1.807, 2.05) is 0 Å². The number of rotatable bonds is 1. The second-order valence-corrected chi connectivity index (χ2v) is 3.14. The summed E-state index contributed by atoms with van der Waals surface area (Å²) in [6.07, 6.45) is 6.01. The third-order valence-corrected chi connectivity index (χ3v) is 2.04. The van der Waals surface area contributed by atoms with E-state index in [0.29, 0.717) is 6.04 Å². The van der Waals surface area contributed by atoms with Gasteiger partial charge in [0.25, 0.3) is 0 Å². The first-order chi connectivity index (χ1) is 4.79. The Balaban J connectivity index is 0.000001000. The second-order valence-electron chi connectivity index (χ2n) is 2.77. The third-order valence-electron chi connectivity index (χ3n) is 1.93. The summed E-state index contributed by atoms with van der Waals surface area (Å²) < 4.78 is 0. The monoisotopic (exact) mass is 181 g/mol. The van der Waals surface area contributed by atoms with Crippen molar-refractivity contribution in [3.8, 4) is 0 Å². The molecular weight excluding hydrogens is 169 g/mol. The van der Waals surface area contributed by atoms with Crippen LogP contribution in [-0.4, -0.2) is 11.2 Å². The Labute approximate surface area is 95.0 Å². The van der Waals surface area contributed by atoms with Gasteiger partial charge in [-0.2, -0.15) is 0 Å². The van der Waals surface area contributed by atoms with Gasteiger partial charge < -0.3 is 10.4 Å². The smallest absolute Gasteiger partial charge is 0.852 e. The first-order valence-electron chi connectivity index (χ1n) is 3.76. The fourth-order valence-electron chi connectivity index (χ4n) is 1.41. The van der Waals surface area contributed by atoms with Gasteiger partial charge in [0.05, 0.1) is 0 Å². The summed E-state index contributed by atoms with van der Waals surface area (Å²) in [6.45, 7) is 0. The topological polar surface area (TPSA) is 35.1 Å². The molecule has 0 amide bonds. The third kappa shape index (κ3) is 5.01. The summed E-state index contributed by atoms with van der Waals surface area (Å²) >= 11 is 4.41. The molecule has 0 aliphatic heterocycles. The van der Waals surface area contributed by atoms with Crippen LogP contribution in [0.5, 0.6) is 0 Å². The molecule has 1 N–H and O–H groups in total. The second kappa shape index (κ2) is 6.23. The molecule has 4 heteroatoms. The summed E-state index contributed by atoms with van der Waals surface area (Å²) in [5.74, 6) is 0. The van der Waals surface area contributed by atoms with E-state index < -0.39 is 0 Å². The maximum absolute atomic E-state index is 10.4. The number of thiocarbonyl (C=S) groups is 1. The Hall–Kier alpha value is 0.690. The molecule has 0 aromatic heterocycles. The van der Waals surface area contributed by atoms with Crippen molar-refractivity contribution in [2.75, 3.05) is 0 Å². The van der Waals surface area contributed by atoms with Crippen LogP contribution >= 0.6 is 12.2 Å². The average Bonchev–Trinajstić information content (AvgIpc) is 1.88. The Kier molecular flexibility index (Phi) is 6.62. The Morgan fingerprint density at radius 1 is 1.27 bits per heavy atom. The molecule has 0 aromatic rings. The van der Waals surface area contributed by atoms with E-state index in [-0.39, 0.29) is 34.7 Å². The molecule has 1 saturated carbocycles. The van der Waals surface area contributed by atoms with Crippen LogP contribution in [0.15, 0.2) is 0 Å². The van der Waals surface area contributed by atoms with Crippen molar-refractivity contribution in [2.45, 2.75) is 38.1 Å². The standard InChI is InChI=1S/C7H13NOS.Na/c9-7(10)8-6-4-2-1-3-5-6;/h6H,1-5H2,(H2,8,9,10);/q;+1/p-1. The van der Waals surface area contributed by atoms with Gasteiger partial charge in [0.1, 0.15) is 0 Å². The molecule has 0 spiro atoms. The predicted molar refractivity (Wildman–Crippen MR) is 42.6 cm³/mol.